The van der Waals surface area contributed by atoms with Gasteiger partial charge in [0.1, 0.15) is 10.9 Å². The standard InChI is InChI=1S/C39H33Cl2N3O3S/c1-25(2)27-15-13-26(14-16-27)23-35(44-37(45)29-11-7-4-8-12-29)38(46)42-31-18-20-32(21-19-31)48-36(28-9-5-3-6-10-28)39(47)43-34-22-17-30(40)24-33(34)41/h3-25,36H,1-2H3,(H,42,46)(H,43,47)(H,44,45)/b35-23-. The lowest BCUT2D eigenvalue weighted by atomic mass is 10.0. The van der Waals surface area contributed by atoms with E-state index in [1.165, 1.54) is 17.3 Å². The van der Waals surface area contributed by atoms with Crippen molar-refractivity contribution in [2.75, 3.05) is 10.6 Å². The molecule has 0 saturated carbocycles. The minimum atomic E-state index is -0.594. The Bertz CT molecular complexity index is 1910. The normalized spacial score (nSPS) is 11.9. The number of benzene rings is 5. The molecular weight excluding hydrogens is 661 g/mol. The molecule has 3 amide bonds. The second-order valence-corrected chi connectivity index (χ2v) is 13.2. The zero-order valence-electron chi connectivity index (χ0n) is 26.2. The van der Waals surface area contributed by atoms with Gasteiger partial charge < -0.3 is 16.0 Å². The number of hydrogen-bond acceptors (Lipinski definition) is 4. The van der Waals surface area contributed by atoms with E-state index >= 15 is 0 Å². The van der Waals surface area contributed by atoms with E-state index in [0.717, 1.165) is 16.0 Å². The highest BCUT2D eigenvalue weighted by Crippen LogP contribution is 2.37. The minimum Gasteiger partial charge on any atom is -0.323 e. The van der Waals surface area contributed by atoms with Crippen molar-refractivity contribution in [1.82, 2.24) is 5.32 Å². The summed E-state index contributed by atoms with van der Waals surface area (Å²) in [4.78, 5) is 40.9. The Balaban J connectivity index is 1.33. The molecule has 9 heteroatoms. The van der Waals surface area contributed by atoms with Crippen LogP contribution in [0.15, 0.2) is 138 Å². The Kier molecular flexibility index (Phi) is 11.7. The SMILES string of the molecule is CC(C)c1ccc(/C=C(\NC(=O)c2ccccc2)C(=O)Nc2ccc(SC(C(=O)Nc3ccc(Cl)cc3Cl)c3ccccc3)cc2)cc1. The topological polar surface area (TPSA) is 87.3 Å². The Labute approximate surface area is 294 Å². The number of nitrogens with one attached hydrogen (secondary N) is 3. The third-order valence-electron chi connectivity index (χ3n) is 7.34. The number of carbonyl (C=O) groups is 3. The van der Waals surface area contributed by atoms with E-state index in [-0.39, 0.29) is 11.6 Å². The van der Waals surface area contributed by atoms with Crippen molar-refractivity contribution >= 4 is 70.1 Å². The van der Waals surface area contributed by atoms with Crippen LogP contribution >= 0.6 is 35.0 Å². The molecule has 5 aromatic rings. The van der Waals surface area contributed by atoms with Gasteiger partial charge in [0.15, 0.2) is 0 Å². The number of amides is 3. The van der Waals surface area contributed by atoms with E-state index in [0.29, 0.717) is 32.9 Å². The molecule has 0 spiro atoms. The van der Waals surface area contributed by atoms with E-state index in [4.69, 9.17) is 23.2 Å². The van der Waals surface area contributed by atoms with Gasteiger partial charge in [-0.25, -0.2) is 0 Å². The number of thioether (sulfide) groups is 1. The average Bonchev–Trinajstić information content (AvgIpc) is 3.09. The van der Waals surface area contributed by atoms with Gasteiger partial charge in [-0.05, 0) is 83.3 Å². The molecular formula is C39H33Cl2N3O3S. The molecule has 5 aromatic carbocycles. The highest BCUT2D eigenvalue weighted by Gasteiger charge is 2.23. The van der Waals surface area contributed by atoms with Gasteiger partial charge >= 0.3 is 0 Å². The van der Waals surface area contributed by atoms with Crippen LogP contribution in [0.1, 0.15) is 52.1 Å². The number of carbonyl (C=O) groups excluding carboxylic acids is 3. The van der Waals surface area contributed by atoms with Crippen LogP contribution in [0, 0.1) is 0 Å². The van der Waals surface area contributed by atoms with E-state index in [1.54, 1.807) is 60.7 Å². The molecule has 1 unspecified atom stereocenters. The molecule has 0 aliphatic carbocycles. The van der Waals surface area contributed by atoms with Gasteiger partial charge in [0.2, 0.25) is 5.91 Å². The summed E-state index contributed by atoms with van der Waals surface area (Å²) >= 11 is 13.7. The Hall–Kier alpha value is -4.82. The minimum absolute atomic E-state index is 0.0984. The van der Waals surface area contributed by atoms with Crippen LogP contribution < -0.4 is 16.0 Å². The summed E-state index contributed by atoms with van der Waals surface area (Å²) in [5.74, 6) is -0.760. The van der Waals surface area contributed by atoms with Crippen molar-refractivity contribution in [2.24, 2.45) is 0 Å². The summed E-state index contributed by atoms with van der Waals surface area (Å²) in [5.41, 5.74) is 4.27. The third-order valence-corrected chi connectivity index (χ3v) is 9.15. The van der Waals surface area contributed by atoms with Crippen molar-refractivity contribution in [3.05, 3.63) is 165 Å². The quantitative estimate of drug-likeness (QED) is 0.0949. The fraction of sp³-hybridized carbons (Fsp3) is 0.103. The molecule has 242 valence electrons. The maximum Gasteiger partial charge on any atom is 0.272 e. The van der Waals surface area contributed by atoms with Gasteiger partial charge in [-0.2, -0.15) is 0 Å². The zero-order valence-corrected chi connectivity index (χ0v) is 28.6. The lowest BCUT2D eigenvalue weighted by Gasteiger charge is -2.18. The summed E-state index contributed by atoms with van der Waals surface area (Å²) in [6, 6.07) is 38.1. The van der Waals surface area contributed by atoms with E-state index in [2.05, 4.69) is 29.8 Å². The van der Waals surface area contributed by atoms with Crippen LogP contribution in [-0.2, 0) is 9.59 Å². The van der Waals surface area contributed by atoms with Crippen molar-refractivity contribution in [2.45, 2.75) is 29.9 Å². The van der Waals surface area contributed by atoms with E-state index in [9.17, 15) is 14.4 Å². The largest absolute Gasteiger partial charge is 0.323 e. The Morgan fingerprint density at radius 2 is 1.35 bits per heavy atom. The Morgan fingerprint density at radius 1 is 0.708 bits per heavy atom. The second kappa shape index (κ2) is 16.3. The fourth-order valence-corrected chi connectivity index (χ4v) is 6.21. The number of halogens is 2. The highest BCUT2D eigenvalue weighted by molar-refractivity contribution is 8.00. The molecule has 0 aliphatic rings. The molecule has 0 aromatic heterocycles. The van der Waals surface area contributed by atoms with Crippen LogP contribution in [0.3, 0.4) is 0 Å². The van der Waals surface area contributed by atoms with Crippen LogP contribution in [0.25, 0.3) is 6.08 Å². The van der Waals surface area contributed by atoms with Crippen molar-refractivity contribution < 1.29 is 14.4 Å². The lowest BCUT2D eigenvalue weighted by Crippen LogP contribution is -2.30. The van der Waals surface area contributed by atoms with Gasteiger partial charge in [-0.15, -0.1) is 11.8 Å². The molecule has 0 heterocycles. The van der Waals surface area contributed by atoms with E-state index < -0.39 is 17.1 Å². The first-order chi connectivity index (χ1) is 23.2. The van der Waals surface area contributed by atoms with Gasteiger partial charge in [0, 0.05) is 21.2 Å². The second-order valence-electron chi connectivity index (χ2n) is 11.2. The molecule has 48 heavy (non-hydrogen) atoms. The molecule has 0 radical (unpaired) electrons. The van der Waals surface area contributed by atoms with Gasteiger partial charge in [-0.3, -0.25) is 14.4 Å². The first-order valence-electron chi connectivity index (χ1n) is 15.2. The molecule has 3 N–H and O–H groups in total. The monoisotopic (exact) mass is 693 g/mol. The summed E-state index contributed by atoms with van der Waals surface area (Å²) in [7, 11) is 0. The van der Waals surface area contributed by atoms with Crippen LogP contribution in [0.4, 0.5) is 11.4 Å². The molecule has 0 bridgehead atoms. The Morgan fingerprint density at radius 3 is 1.98 bits per heavy atom. The maximum atomic E-state index is 13.5. The van der Waals surface area contributed by atoms with Crippen molar-refractivity contribution in [3.63, 3.8) is 0 Å². The number of rotatable bonds is 11. The molecule has 5 rings (SSSR count). The molecule has 6 nitrogen and oxygen atoms in total. The predicted molar refractivity (Wildman–Crippen MR) is 198 cm³/mol. The number of anilines is 2. The summed E-state index contributed by atoms with van der Waals surface area (Å²) in [5, 5.41) is 8.80. The highest BCUT2D eigenvalue weighted by atomic mass is 35.5. The molecule has 0 aliphatic heterocycles. The average molecular weight is 695 g/mol. The molecule has 0 saturated heterocycles. The lowest BCUT2D eigenvalue weighted by molar-refractivity contribution is -0.116. The van der Waals surface area contributed by atoms with E-state index in [1.807, 2.05) is 72.8 Å². The first kappa shape index (κ1) is 34.5. The van der Waals surface area contributed by atoms with Crippen molar-refractivity contribution in [3.8, 4) is 0 Å². The summed E-state index contributed by atoms with van der Waals surface area (Å²) in [6.07, 6.45) is 1.65. The van der Waals surface area contributed by atoms with Gasteiger partial charge in [0.25, 0.3) is 11.8 Å². The fourth-order valence-electron chi connectivity index (χ4n) is 4.73. The summed E-state index contributed by atoms with van der Waals surface area (Å²) < 4.78 is 0. The smallest absolute Gasteiger partial charge is 0.272 e. The van der Waals surface area contributed by atoms with Crippen molar-refractivity contribution in [1.29, 1.82) is 0 Å². The van der Waals surface area contributed by atoms with Gasteiger partial charge in [-0.1, -0.05) is 110 Å². The third kappa shape index (κ3) is 9.38. The molecule has 0 fully saturated rings. The van der Waals surface area contributed by atoms with Crippen LogP contribution in [0.5, 0.6) is 0 Å². The van der Waals surface area contributed by atoms with Crippen LogP contribution in [0.2, 0.25) is 10.0 Å². The molecule has 1 atom stereocenters. The maximum absolute atomic E-state index is 13.5. The first-order valence-corrected chi connectivity index (χ1v) is 16.9. The van der Waals surface area contributed by atoms with Crippen LogP contribution in [-0.4, -0.2) is 17.7 Å². The van der Waals surface area contributed by atoms with Gasteiger partial charge in [0.05, 0.1) is 10.7 Å². The predicted octanol–water partition coefficient (Wildman–Crippen LogP) is 10.00. The summed E-state index contributed by atoms with van der Waals surface area (Å²) in [6.45, 7) is 4.23. The number of hydrogen-bond donors (Lipinski definition) is 3. The zero-order chi connectivity index (χ0) is 34.0.